The number of methoxy groups -OCH3 is 2. The van der Waals surface area contributed by atoms with Crippen LogP contribution in [0.25, 0.3) is 0 Å². The number of nitrogens with two attached hydrogens (primary N) is 1. The van der Waals surface area contributed by atoms with Crippen LogP contribution in [-0.4, -0.2) is 20.8 Å². The van der Waals surface area contributed by atoms with Crippen molar-refractivity contribution in [3.05, 3.63) is 47.0 Å². The molecule has 2 aromatic rings. The molecule has 0 aliphatic rings. The van der Waals surface area contributed by atoms with E-state index in [0.29, 0.717) is 41.0 Å². The first-order valence-electron chi connectivity index (χ1n) is 6.55. The lowest BCUT2D eigenvalue weighted by Crippen LogP contribution is -2.04. The van der Waals surface area contributed by atoms with Crippen LogP contribution in [0.3, 0.4) is 0 Å². The maximum atomic E-state index is 6.04. The molecule has 0 unspecified atom stereocenters. The highest BCUT2D eigenvalue weighted by Gasteiger charge is 2.08. The van der Waals surface area contributed by atoms with Crippen LogP contribution in [0.5, 0.6) is 23.0 Å². The van der Waals surface area contributed by atoms with Gasteiger partial charge in [-0.25, -0.2) is 0 Å². The van der Waals surface area contributed by atoms with Gasteiger partial charge >= 0.3 is 0 Å². The predicted octanol–water partition coefficient (Wildman–Crippen LogP) is 3.65. The van der Waals surface area contributed by atoms with Crippen molar-refractivity contribution < 1.29 is 14.2 Å². The molecule has 5 heteroatoms. The zero-order valence-electron chi connectivity index (χ0n) is 12.1. The average Bonchev–Trinajstić information content (AvgIpc) is 2.49. The van der Waals surface area contributed by atoms with Crippen molar-refractivity contribution in [1.29, 1.82) is 0 Å². The van der Waals surface area contributed by atoms with E-state index in [0.717, 1.165) is 5.56 Å². The molecule has 2 aromatic carbocycles. The third kappa shape index (κ3) is 4.03. The zero-order valence-corrected chi connectivity index (χ0v) is 12.8. The van der Waals surface area contributed by atoms with Crippen LogP contribution in [-0.2, 0) is 6.42 Å². The number of hydrogen-bond donors (Lipinski definition) is 1. The average molecular weight is 308 g/mol. The molecule has 0 atom stereocenters. The molecule has 0 spiro atoms. The van der Waals surface area contributed by atoms with Gasteiger partial charge in [0, 0.05) is 23.2 Å². The monoisotopic (exact) mass is 307 g/mol. The molecule has 4 nitrogen and oxygen atoms in total. The molecule has 0 aromatic heterocycles. The molecule has 0 saturated heterocycles. The number of ether oxygens (including phenoxy) is 3. The van der Waals surface area contributed by atoms with Crippen molar-refractivity contribution in [3.8, 4) is 23.0 Å². The van der Waals surface area contributed by atoms with Crippen molar-refractivity contribution in [1.82, 2.24) is 0 Å². The fourth-order valence-corrected chi connectivity index (χ4v) is 2.11. The highest BCUT2D eigenvalue weighted by Crippen LogP contribution is 2.33. The summed E-state index contributed by atoms with van der Waals surface area (Å²) in [5.41, 5.74) is 6.63. The van der Waals surface area contributed by atoms with Gasteiger partial charge in [0.15, 0.2) is 0 Å². The Kier molecular flexibility index (Phi) is 5.31. The minimum atomic E-state index is 0.541. The summed E-state index contributed by atoms with van der Waals surface area (Å²) >= 11 is 6.04. The van der Waals surface area contributed by atoms with Crippen LogP contribution in [0.2, 0.25) is 5.02 Å². The van der Waals surface area contributed by atoms with E-state index in [9.17, 15) is 0 Å². The van der Waals surface area contributed by atoms with Crippen molar-refractivity contribution in [2.45, 2.75) is 6.42 Å². The highest BCUT2D eigenvalue weighted by atomic mass is 35.5. The molecule has 0 aliphatic carbocycles. The second-order valence-electron chi connectivity index (χ2n) is 4.44. The van der Waals surface area contributed by atoms with E-state index in [1.54, 1.807) is 38.5 Å². The van der Waals surface area contributed by atoms with E-state index in [2.05, 4.69) is 0 Å². The minimum absolute atomic E-state index is 0.541. The smallest absolute Gasteiger partial charge is 0.134 e. The standard InChI is InChI=1S/C16H18ClNO3/c1-19-13-8-14(20-2)10-15(9-13)21-16-7-12(17)4-3-11(16)5-6-18/h3-4,7-10H,5-6,18H2,1-2H3. The van der Waals surface area contributed by atoms with E-state index in [4.69, 9.17) is 31.5 Å². The van der Waals surface area contributed by atoms with Crippen molar-refractivity contribution in [3.63, 3.8) is 0 Å². The molecular formula is C16H18ClNO3. The summed E-state index contributed by atoms with van der Waals surface area (Å²) < 4.78 is 16.4. The maximum Gasteiger partial charge on any atom is 0.134 e. The van der Waals surface area contributed by atoms with Crippen molar-refractivity contribution >= 4 is 11.6 Å². The summed E-state index contributed by atoms with van der Waals surface area (Å²) in [5.74, 6) is 2.62. The first kappa shape index (κ1) is 15.5. The van der Waals surface area contributed by atoms with Gasteiger partial charge in [0.05, 0.1) is 14.2 Å². The van der Waals surface area contributed by atoms with Crippen LogP contribution in [0.1, 0.15) is 5.56 Å². The van der Waals surface area contributed by atoms with Crippen LogP contribution in [0, 0.1) is 0 Å². The Bertz CT molecular complexity index is 594. The molecule has 0 aliphatic heterocycles. The summed E-state index contributed by atoms with van der Waals surface area (Å²) in [6, 6.07) is 10.9. The van der Waals surface area contributed by atoms with Crippen molar-refractivity contribution in [2.75, 3.05) is 20.8 Å². The van der Waals surface area contributed by atoms with Crippen LogP contribution in [0.4, 0.5) is 0 Å². The molecule has 0 amide bonds. The normalized spacial score (nSPS) is 10.3. The highest BCUT2D eigenvalue weighted by molar-refractivity contribution is 6.30. The molecule has 0 heterocycles. The lowest BCUT2D eigenvalue weighted by molar-refractivity contribution is 0.386. The summed E-state index contributed by atoms with van der Waals surface area (Å²) in [6.45, 7) is 0.541. The van der Waals surface area contributed by atoms with Gasteiger partial charge in [-0.15, -0.1) is 0 Å². The molecule has 0 radical (unpaired) electrons. The third-order valence-corrected chi connectivity index (χ3v) is 3.23. The Balaban J connectivity index is 2.34. The SMILES string of the molecule is COc1cc(OC)cc(Oc2cc(Cl)ccc2CCN)c1. The van der Waals surface area contributed by atoms with Gasteiger partial charge in [-0.3, -0.25) is 0 Å². The van der Waals surface area contributed by atoms with Crippen LogP contribution in [0.15, 0.2) is 36.4 Å². The van der Waals surface area contributed by atoms with Gasteiger partial charge in [-0.1, -0.05) is 17.7 Å². The predicted molar refractivity (Wildman–Crippen MR) is 83.8 cm³/mol. The van der Waals surface area contributed by atoms with Gasteiger partial charge in [-0.2, -0.15) is 0 Å². The zero-order chi connectivity index (χ0) is 15.2. The van der Waals surface area contributed by atoms with Crippen LogP contribution >= 0.6 is 11.6 Å². The molecular weight excluding hydrogens is 290 g/mol. The molecule has 21 heavy (non-hydrogen) atoms. The van der Waals surface area contributed by atoms with Gasteiger partial charge in [-0.05, 0) is 30.7 Å². The summed E-state index contributed by atoms with van der Waals surface area (Å²) in [5, 5.41) is 0.612. The lowest BCUT2D eigenvalue weighted by atomic mass is 10.1. The molecule has 2 rings (SSSR count). The fourth-order valence-electron chi connectivity index (χ4n) is 1.95. The molecule has 0 fully saturated rings. The minimum Gasteiger partial charge on any atom is -0.496 e. The van der Waals surface area contributed by atoms with E-state index < -0.39 is 0 Å². The van der Waals surface area contributed by atoms with E-state index in [1.807, 2.05) is 12.1 Å². The summed E-state index contributed by atoms with van der Waals surface area (Å²) in [7, 11) is 3.19. The Morgan fingerprint density at radius 1 is 0.952 bits per heavy atom. The Labute approximate surface area is 129 Å². The van der Waals surface area contributed by atoms with Gasteiger partial charge in [0.2, 0.25) is 0 Å². The lowest BCUT2D eigenvalue weighted by Gasteiger charge is -2.13. The Hall–Kier alpha value is -1.91. The van der Waals surface area contributed by atoms with Gasteiger partial charge in [0.25, 0.3) is 0 Å². The number of rotatable bonds is 6. The molecule has 0 bridgehead atoms. The van der Waals surface area contributed by atoms with E-state index in [-0.39, 0.29) is 0 Å². The number of halogens is 1. The number of hydrogen-bond acceptors (Lipinski definition) is 4. The maximum absolute atomic E-state index is 6.04. The largest absolute Gasteiger partial charge is 0.496 e. The molecule has 112 valence electrons. The van der Waals surface area contributed by atoms with Gasteiger partial charge in [0.1, 0.15) is 23.0 Å². The Morgan fingerprint density at radius 2 is 1.57 bits per heavy atom. The van der Waals surface area contributed by atoms with Crippen LogP contribution < -0.4 is 19.9 Å². The summed E-state index contributed by atoms with van der Waals surface area (Å²) in [4.78, 5) is 0. The fraction of sp³-hybridized carbons (Fsp3) is 0.250. The quantitative estimate of drug-likeness (QED) is 0.885. The number of benzene rings is 2. The first-order valence-corrected chi connectivity index (χ1v) is 6.93. The molecule has 2 N–H and O–H groups in total. The second-order valence-corrected chi connectivity index (χ2v) is 4.88. The second kappa shape index (κ2) is 7.20. The molecule has 0 saturated carbocycles. The van der Waals surface area contributed by atoms with Gasteiger partial charge < -0.3 is 19.9 Å². The first-order chi connectivity index (χ1) is 10.2. The van der Waals surface area contributed by atoms with E-state index >= 15 is 0 Å². The van der Waals surface area contributed by atoms with Crippen molar-refractivity contribution in [2.24, 2.45) is 5.73 Å². The third-order valence-electron chi connectivity index (χ3n) is 3.00. The van der Waals surface area contributed by atoms with E-state index in [1.165, 1.54) is 0 Å². The summed E-state index contributed by atoms with van der Waals surface area (Å²) in [6.07, 6.45) is 0.716. The topological polar surface area (TPSA) is 53.7 Å². The Morgan fingerprint density at radius 3 is 2.14 bits per heavy atom.